The van der Waals surface area contributed by atoms with Crippen molar-refractivity contribution in [3.63, 3.8) is 0 Å². The topological polar surface area (TPSA) is 64.3 Å². The fourth-order valence-corrected chi connectivity index (χ4v) is 4.91. The molecule has 1 amide bonds. The zero-order chi connectivity index (χ0) is 24.6. The van der Waals surface area contributed by atoms with E-state index in [2.05, 4.69) is 20.2 Å². The lowest BCUT2D eigenvalue weighted by atomic mass is 9.89. The number of hydrogen-bond donors (Lipinski definition) is 2. The smallest absolute Gasteiger partial charge is 0.334 e. The van der Waals surface area contributed by atoms with Crippen LogP contribution in [0.15, 0.2) is 36.4 Å². The van der Waals surface area contributed by atoms with Gasteiger partial charge in [0.05, 0.1) is 16.6 Å². The third-order valence-electron chi connectivity index (χ3n) is 6.93. The minimum Gasteiger partial charge on any atom is -0.334 e. The zero-order valence-electron chi connectivity index (χ0n) is 19.2. The maximum Gasteiger partial charge on any atom is 0.416 e. The number of nitrogens with zero attached hydrogens (tertiary/aromatic N) is 3. The number of imidazole rings is 1. The summed E-state index contributed by atoms with van der Waals surface area (Å²) in [6, 6.07) is 8.36. The molecule has 0 atom stereocenters. The Labute approximate surface area is 200 Å². The normalized spacial score (nSPS) is 18.3. The lowest BCUT2D eigenvalue weighted by Gasteiger charge is -2.34. The van der Waals surface area contributed by atoms with Gasteiger partial charge in [-0.05, 0) is 61.2 Å². The number of piperazine rings is 1. The second-order valence-electron chi connectivity index (χ2n) is 9.26. The highest BCUT2D eigenvalue weighted by Gasteiger charge is 2.30. The fourth-order valence-electron chi connectivity index (χ4n) is 4.91. The largest absolute Gasteiger partial charge is 0.416 e. The van der Waals surface area contributed by atoms with Crippen molar-refractivity contribution in [1.82, 2.24) is 25.1 Å². The molecule has 5 rings (SSSR count). The van der Waals surface area contributed by atoms with Crippen molar-refractivity contribution in [1.29, 1.82) is 0 Å². The average Bonchev–Trinajstić information content (AvgIpc) is 3.27. The lowest BCUT2D eigenvalue weighted by Crippen LogP contribution is -2.48. The van der Waals surface area contributed by atoms with Gasteiger partial charge in [-0.3, -0.25) is 9.69 Å². The Morgan fingerprint density at radius 3 is 2.37 bits per heavy atom. The Bertz CT molecular complexity index is 1190. The van der Waals surface area contributed by atoms with E-state index >= 15 is 0 Å². The van der Waals surface area contributed by atoms with Gasteiger partial charge in [-0.2, -0.15) is 13.2 Å². The number of halogens is 4. The molecule has 0 saturated carbocycles. The van der Waals surface area contributed by atoms with Gasteiger partial charge in [-0.15, -0.1) is 0 Å². The Kier molecular flexibility index (Phi) is 6.50. The summed E-state index contributed by atoms with van der Waals surface area (Å²) < 4.78 is 53.0. The number of fused-ring (bicyclic) bond motifs is 1. The number of amides is 1. The highest BCUT2D eigenvalue weighted by Crippen LogP contribution is 2.31. The Morgan fingerprint density at radius 2 is 1.71 bits per heavy atom. The molecule has 2 fully saturated rings. The summed E-state index contributed by atoms with van der Waals surface area (Å²) in [6.07, 6.45) is -2.60. The molecule has 2 aromatic carbocycles. The molecule has 186 valence electrons. The predicted molar refractivity (Wildman–Crippen MR) is 124 cm³/mol. The van der Waals surface area contributed by atoms with Gasteiger partial charge < -0.3 is 15.2 Å². The first-order valence-electron chi connectivity index (χ1n) is 11.9. The van der Waals surface area contributed by atoms with Crippen LogP contribution in [0.5, 0.6) is 0 Å². The van der Waals surface area contributed by atoms with Crippen molar-refractivity contribution in [2.24, 2.45) is 0 Å². The van der Waals surface area contributed by atoms with Crippen LogP contribution >= 0.6 is 0 Å². The standard InChI is InChI=1S/C25H27F4N5O/c26-20-14-22-21(13-19(20)17-5-7-30-8-6-17)31-23(32-22)24(35)34-11-9-33(10-12-34)15-16-1-3-18(4-2-16)25(27,28)29/h1-4,13-14,17,30H,5-12,15H2,(H,31,32). The van der Waals surface area contributed by atoms with E-state index in [0.717, 1.165) is 43.6 Å². The van der Waals surface area contributed by atoms with Crippen LogP contribution in [0.2, 0.25) is 0 Å². The maximum atomic E-state index is 14.7. The highest BCUT2D eigenvalue weighted by atomic mass is 19.4. The van der Waals surface area contributed by atoms with Crippen molar-refractivity contribution < 1.29 is 22.4 Å². The van der Waals surface area contributed by atoms with Crippen molar-refractivity contribution in [3.8, 4) is 0 Å². The van der Waals surface area contributed by atoms with Crippen LogP contribution in [0.3, 0.4) is 0 Å². The van der Waals surface area contributed by atoms with E-state index in [4.69, 9.17) is 0 Å². The first-order chi connectivity index (χ1) is 16.8. The third kappa shape index (κ3) is 5.18. The summed E-state index contributed by atoms with van der Waals surface area (Å²) in [6.45, 7) is 4.39. The molecule has 1 aromatic heterocycles. The first-order valence-corrected chi connectivity index (χ1v) is 11.9. The molecule has 10 heteroatoms. The summed E-state index contributed by atoms with van der Waals surface area (Å²) in [5.74, 6) is -0.176. The molecule has 0 radical (unpaired) electrons. The van der Waals surface area contributed by atoms with Gasteiger partial charge in [0.15, 0.2) is 5.82 Å². The van der Waals surface area contributed by atoms with E-state index in [-0.39, 0.29) is 23.5 Å². The first kappa shape index (κ1) is 23.7. The number of H-pyrrole nitrogens is 1. The molecule has 0 bridgehead atoms. The van der Waals surface area contributed by atoms with Gasteiger partial charge in [0.1, 0.15) is 5.82 Å². The lowest BCUT2D eigenvalue weighted by molar-refractivity contribution is -0.137. The zero-order valence-corrected chi connectivity index (χ0v) is 19.2. The van der Waals surface area contributed by atoms with Crippen molar-refractivity contribution >= 4 is 16.9 Å². The van der Waals surface area contributed by atoms with E-state index < -0.39 is 11.7 Å². The van der Waals surface area contributed by atoms with E-state index in [0.29, 0.717) is 49.3 Å². The molecule has 0 spiro atoms. The van der Waals surface area contributed by atoms with Crippen LogP contribution in [-0.4, -0.2) is 64.9 Å². The molecule has 6 nitrogen and oxygen atoms in total. The minimum absolute atomic E-state index is 0.154. The fraction of sp³-hybridized carbons (Fsp3) is 0.440. The van der Waals surface area contributed by atoms with Crippen LogP contribution in [-0.2, 0) is 12.7 Å². The van der Waals surface area contributed by atoms with E-state index in [1.54, 1.807) is 11.0 Å². The summed E-state index contributed by atoms with van der Waals surface area (Å²) in [7, 11) is 0. The van der Waals surface area contributed by atoms with E-state index in [1.165, 1.54) is 18.2 Å². The number of aromatic nitrogens is 2. The Hall–Kier alpha value is -2.98. The van der Waals surface area contributed by atoms with Crippen LogP contribution in [0.25, 0.3) is 11.0 Å². The van der Waals surface area contributed by atoms with Crippen LogP contribution < -0.4 is 5.32 Å². The molecular formula is C25H27F4N5O. The van der Waals surface area contributed by atoms with Crippen LogP contribution in [0, 0.1) is 5.82 Å². The minimum atomic E-state index is -4.35. The van der Waals surface area contributed by atoms with Gasteiger partial charge in [-0.1, -0.05) is 12.1 Å². The molecule has 0 unspecified atom stereocenters. The van der Waals surface area contributed by atoms with Gasteiger partial charge >= 0.3 is 6.18 Å². The highest BCUT2D eigenvalue weighted by molar-refractivity contribution is 5.94. The molecule has 2 N–H and O–H groups in total. The summed E-state index contributed by atoms with van der Waals surface area (Å²) in [4.78, 5) is 24.3. The molecule has 3 aromatic rings. The summed E-state index contributed by atoms with van der Waals surface area (Å²) >= 11 is 0. The number of carbonyl (C=O) groups is 1. The van der Waals surface area contributed by atoms with E-state index in [1.807, 2.05) is 0 Å². The average molecular weight is 490 g/mol. The van der Waals surface area contributed by atoms with Crippen molar-refractivity contribution in [3.05, 3.63) is 64.7 Å². The number of piperidine rings is 1. The number of carbonyl (C=O) groups excluding carboxylic acids is 1. The quantitative estimate of drug-likeness (QED) is 0.541. The number of benzene rings is 2. The molecule has 0 aliphatic carbocycles. The van der Waals surface area contributed by atoms with Crippen molar-refractivity contribution in [2.75, 3.05) is 39.3 Å². The molecule has 3 heterocycles. The Morgan fingerprint density at radius 1 is 1.03 bits per heavy atom. The molecular weight excluding hydrogens is 462 g/mol. The maximum absolute atomic E-state index is 14.7. The number of alkyl halides is 3. The van der Waals surface area contributed by atoms with Gasteiger partial charge in [0.2, 0.25) is 0 Å². The van der Waals surface area contributed by atoms with Crippen LogP contribution in [0.1, 0.15) is 46.1 Å². The molecule has 2 aliphatic rings. The monoisotopic (exact) mass is 489 g/mol. The second kappa shape index (κ2) is 9.58. The third-order valence-corrected chi connectivity index (χ3v) is 6.93. The van der Waals surface area contributed by atoms with Crippen molar-refractivity contribution in [2.45, 2.75) is 31.5 Å². The molecule has 35 heavy (non-hydrogen) atoms. The predicted octanol–water partition coefficient (Wildman–Crippen LogP) is 4.15. The second-order valence-corrected chi connectivity index (χ2v) is 9.26. The molecule has 2 saturated heterocycles. The number of rotatable bonds is 4. The molecule has 2 aliphatic heterocycles. The SMILES string of the molecule is O=C(c1nc2cc(F)c(C3CCNCC3)cc2[nH]1)N1CCN(Cc2ccc(C(F)(F)F)cc2)CC1. The number of nitrogens with one attached hydrogen (secondary N) is 2. The van der Waals surface area contributed by atoms with Crippen LogP contribution in [0.4, 0.5) is 17.6 Å². The van der Waals surface area contributed by atoms with Gasteiger partial charge in [0, 0.05) is 38.8 Å². The number of hydrogen-bond acceptors (Lipinski definition) is 4. The summed E-state index contributed by atoms with van der Waals surface area (Å²) in [5, 5.41) is 3.28. The van der Waals surface area contributed by atoms with Gasteiger partial charge in [-0.25, -0.2) is 9.37 Å². The van der Waals surface area contributed by atoms with E-state index in [9.17, 15) is 22.4 Å². The number of aromatic amines is 1. The summed E-state index contributed by atoms with van der Waals surface area (Å²) in [5.41, 5.74) is 1.89. The van der Waals surface area contributed by atoms with Gasteiger partial charge in [0.25, 0.3) is 5.91 Å². The Balaban J connectivity index is 1.21.